The normalized spacial score (nSPS) is 11.1. The maximum absolute atomic E-state index is 9.53. The molecule has 0 aliphatic heterocycles. The molecule has 0 spiro atoms. The number of aromatic hydroxyl groups is 1. The number of aryl methyl sites for hydroxylation is 1. The van der Waals surface area contributed by atoms with Crippen molar-refractivity contribution in [3.8, 4) is 11.6 Å². The SMILES string of the molecule is Cc1ccc(-n2nc(O)cc2CC(C)C)cc1. The highest BCUT2D eigenvalue weighted by atomic mass is 16.3. The third-order valence-electron chi connectivity index (χ3n) is 2.67. The second-order valence-corrected chi connectivity index (χ2v) is 4.84. The summed E-state index contributed by atoms with van der Waals surface area (Å²) >= 11 is 0. The van der Waals surface area contributed by atoms with Gasteiger partial charge in [-0.1, -0.05) is 31.5 Å². The van der Waals surface area contributed by atoms with E-state index in [0.29, 0.717) is 5.92 Å². The molecule has 0 unspecified atom stereocenters. The van der Waals surface area contributed by atoms with Crippen molar-refractivity contribution in [1.29, 1.82) is 0 Å². The van der Waals surface area contributed by atoms with Crippen molar-refractivity contribution in [3.05, 3.63) is 41.6 Å². The van der Waals surface area contributed by atoms with Crippen LogP contribution in [0.4, 0.5) is 0 Å². The molecule has 0 amide bonds. The highest BCUT2D eigenvalue weighted by Gasteiger charge is 2.10. The number of hydrogen-bond acceptors (Lipinski definition) is 2. The molecule has 3 nitrogen and oxygen atoms in total. The van der Waals surface area contributed by atoms with E-state index < -0.39 is 0 Å². The fourth-order valence-electron chi connectivity index (χ4n) is 1.88. The van der Waals surface area contributed by atoms with Crippen LogP contribution in [0.2, 0.25) is 0 Å². The fourth-order valence-corrected chi connectivity index (χ4v) is 1.88. The lowest BCUT2D eigenvalue weighted by Crippen LogP contribution is -2.05. The number of nitrogens with zero attached hydrogens (tertiary/aromatic N) is 2. The molecular weight excluding hydrogens is 212 g/mol. The highest BCUT2D eigenvalue weighted by Crippen LogP contribution is 2.19. The minimum absolute atomic E-state index is 0.0845. The smallest absolute Gasteiger partial charge is 0.230 e. The van der Waals surface area contributed by atoms with Crippen molar-refractivity contribution in [3.63, 3.8) is 0 Å². The van der Waals surface area contributed by atoms with Gasteiger partial charge in [0.25, 0.3) is 0 Å². The maximum atomic E-state index is 9.53. The van der Waals surface area contributed by atoms with E-state index in [1.54, 1.807) is 6.07 Å². The van der Waals surface area contributed by atoms with Gasteiger partial charge in [-0.05, 0) is 31.4 Å². The lowest BCUT2D eigenvalue weighted by molar-refractivity contribution is 0.447. The van der Waals surface area contributed by atoms with E-state index in [0.717, 1.165) is 17.8 Å². The van der Waals surface area contributed by atoms with E-state index in [2.05, 4.69) is 25.9 Å². The summed E-state index contributed by atoms with van der Waals surface area (Å²) in [6.45, 7) is 6.37. The Kier molecular flexibility index (Phi) is 3.18. The lowest BCUT2D eigenvalue weighted by Gasteiger charge is -2.09. The van der Waals surface area contributed by atoms with Crippen LogP contribution >= 0.6 is 0 Å². The Labute approximate surface area is 102 Å². The van der Waals surface area contributed by atoms with Crippen molar-refractivity contribution < 1.29 is 5.11 Å². The first-order chi connectivity index (χ1) is 8.06. The van der Waals surface area contributed by atoms with Gasteiger partial charge < -0.3 is 5.11 Å². The van der Waals surface area contributed by atoms with Gasteiger partial charge >= 0.3 is 0 Å². The van der Waals surface area contributed by atoms with Crippen LogP contribution < -0.4 is 0 Å². The third-order valence-corrected chi connectivity index (χ3v) is 2.67. The van der Waals surface area contributed by atoms with Gasteiger partial charge in [0.05, 0.1) is 5.69 Å². The van der Waals surface area contributed by atoms with E-state index in [-0.39, 0.29) is 5.88 Å². The third kappa shape index (κ3) is 2.67. The summed E-state index contributed by atoms with van der Waals surface area (Å²) in [5.41, 5.74) is 3.25. The summed E-state index contributed by atoms with van der Waals surface area (Å²) < 4.78 is 1.81. The van der Waals surface area contributed by atoms with Gasteiger partial charge in [-0.2, -0.15) is 0 Å². The topological polar surface area (TPSA) is 38.0 Å². The molecule has 2 aromatic rings. The molecule has 0 radical (unpaired) electrons. The minimum atomic E-state index is 0.0845. The van der Waals surface area contributed by atoms with Crippen molar-refractivity contribution in [2.24, 2.45) is 5.92 Å². The van der Waals surface area contributed by atoms with E-state index in [1.165, 1.54) is 5.56 Å². The maximum Gasteiger partial charge on any atom is 0.230 e. The largest absolute Gasteiger partial charge is 0.492 e. The Balaban J connectivity index is 2.40. The van der Waals surface area contributed by atoms with E-state index in [9.17, 15) is 5.11 Å². The monoisotopic (exact) mass is 230 g/mol. The first-order valence-electron chi connectivity index (χ1n) is 5.91. The second-order valence-electron chi connectivity index (χ2n) is 4.84. The number of aromatic nitrogens is 2. The Hall–Kier alpha value is -1.77. The standard InChI is InChI=1S/C14H18N2O/c1-10(2)8-13-9-14(17)15-16(13)12-6-4-11(3)5-7-12/h4-7,9-10H,8H2,1-3H3,(H,15,17). The average molecular weight is 230 g/mol. The summed E-state index contributed by atoms with van der Waals surface area (Å²) in [7, 11) is 0. The Morgan fingerprint density at radius 2 is 1.88 bits per heavy atom. The Morgan fingerprint density at radius 1 is 1.24 bits per heavy atom. The first-order valence-corrected chi connectivity index (χ1v) is 5.91. The molecule has 90 valence electrons. The molecule has 0 bridgehead atoms. The quantitative estimate of drug-likeness (QED) is 0.880. The van der Waals surface area contributed by atoms with E-state index >= 15 is 0 Å². The van der Waals surface area contributed by atoms with Crippen LogP contribution in [0, 0.1) is 12.8 Å². The van der Waals surface area contributed by atoms with Crippen LogP contribution in [0.3, 0.4) is 0 Å². The molecule has 2 rings (SSSR count). The van der Waals surface area contributed by atoms with Gasteiger partial charge in [0, 0.05) is 11.8 Å². The summed E-state index contributed by atoms with van der Waals surface area (Å²) in [6.07, 6.45) is 0.904. The van der Waals surface area contributed by atoms with Crippen molar-refractivity contribution >= 4 is 0 Å². The van der Waals surface area contributed by atoms with Crippen LogP contribution in [0.5, 0.6) is 5.88 Å². The first kappa shape index (κ1) is 11.7. The number of hydrogen-bond donors (Lipinski definition) is 1. The summed E-state index contributed by atoms with van der Waals surface area (Å²) in [6, 6.07) is 9.87. The zero-order valence-corrected chi connectivity index (χ0v) is 10.5. The summed E-state index contributed by atoms with van der Waals surface area (Å²) in [4.78, 5) is 0. The van der Waals surface area contributed by atoms with E-state index in [4.69, 9.17) is 0 Å². The lowest BCUT2D eigenvalue weighted by atomic mass is 10.1. The molecular formula is C14H18N2O. The molecule has 1 N–H and O–H groups in total. The van der Waals surface area contributed by atoms with Crippen molar-refractivity contribution in [1.82, 2.24) is 9.78 Å². The Bertz CT molecular complexity index is 497. The van der Waals surface area contributed by atoms with Crippen molar-refractivity contribution in [2.45, 2.75) is 27.2 Å². The van der Waals surface area contributed by atoms with E-state index in [1.807, 2.05) is 28.9 Å². The molecule has 17 heavy (non-hydrogen) atoms. The zero-order valence-electron chi connectivity index (χ0n) is 10.5. The van der Waals surface area contributed by atoms with Gasteiger partial charge in [-0.3, -0.25) is 0 Å². The Morgan fingerprint density at radius 3 is 2.47 bits per heavy atom. The summed E-state index contributed by atoms with van der Waals surface area (Å²) in [5.74, 6) is 0.622. The molecule has 1 aromatic heterocycles. The zero-order chi connectivity index (χ0) is 12.4. The van der Waals surface area contributed by atoms with Gasteiger partial charge in [0.2, 0.25) is 5.88 Å². The minimum Gasteiger partial charge on any atom is -0.492 e. The molecule has 1 aromatic carbocycles. The molecule has 3 heteroatoms. The average Bonchev–Trinajstić information content (AvgIpc) is 2.59. The molecule has 0 aliphatic rings. The molecule has 1 heterocycles. The van der Waals surface area contributed by atoms with Crippen LogP contribution in [0.15, 0.2) is 30.3 Å². The van der Waals surface area contributed by atoms with Crippen LogP contribution in [-0.2, 0) is 6.42 Å². The fraction of sp³-hybridized carbons (Fsp3) is 0.357. The van der Waals surface area contributed by atoms with Crippen LogP contribution in [0.25, 0.3) is 5.69 Å². The van der Waals surface area contributed by atoms with Crippen molar-refractivity contribution in [2.75, 3.05) is 0 Å². The van der Waals surface area contributed by atoms with Gasteiger partial charge in [0.1, 0.15) is 0 Å². The van der Waals surface area contributed by atoms with Gasteiger partial charge in [-0.15, -0.1) is 5.10 Å². The summed E-state index contributed by atoms with van der Waals surface area (Å²) in [5, 5.41) is 13.7. The van der Waals surface area contributed by atoms with Crippen LogP contribution in [0.1, 0.15) is 25.1 Å². The predicted octanol–water partition coefficient (Wildman–Crippen LogP) is 3.08. The molecule has 0 atom stereocenters. The second kappa shape index (κ2) is 4.62. The van der Waals surface area contributed by atoms with Gasteiger partial charge in [0.15, 0.2) is 0 Å². The molecule has 0 fully saturated rings. The van der Waals surface area contributed by atoms with Gasteiger partial charge in [-0.25, -0.2) is 4.68 Å². The molecule has 0 saturated carbocycles. The van der Waals surface area contributed by atoms with Crippen LogP contribution in [-0.4, -0.2) is 14.9 Å². The number of rotatable bonds is 3. The highest BCUT2D eigenvalue weighted by molar-refractivity contribution is 5.36. The predicted molar refractivity (Wildman–Crippen MR) is 68.5 cm³/mol. The number of benzene rings is 1. The molecule has 0 aliphatic carbocycles. The molecule has 0 saturated heterocycles.